The number of nitrogens with two attached hydrogens (primary N) is 1. The summed E-state index contributed by atoms with van der Waals surface area (Å²) in [6, 6.07) is 8.15. The summed E-state index contributed by atoms with van der Waals surface area (Å²) in [6.45, 7) is 6.12. The van der Waals surface area contributed by atoms with E-state index < -0.39 is 5.97 Å². The van der Waals surface area contributed by atoms with Crippen LogP contribution in [0.2, 0.25) is 0 Å². The van der Waals surface area contributed by atoms with Gasteiger partial charge in [-0.25, -0.2) is 10.7 Å². The van der Waals surface area contributed by atoms with E-state index in [1.54, 1.807) is 11.3 Å². The molecule has 0 amide bonds. The van der Waals surface area contributed by atoms with Crippen molar-refractivity contribution in [3.8, 4) is 10.4 Å². The summed E-state index contributed by atoms with van der Waals surface area (Å²) in [5.41, 5.74) is 3.77. The van der Waals surface area contributed by atoms with Crippen molar-refractivity contribution in [3.63, 3.8) is 0 Å². The summed E-state index contributed by atoms with van der Waals surface area (Å²) >= 11 is 1.67. The Hall–Kier alpha value is -1.89. The average molecular weight is 401 g/mol. The number of aryl methyl sites for hydroxylation is 1. The molecule has 0 unspecified atom stereocenters. The lowest BCUT2D eigenvalue weighted by molar-refractivity contribution is 0.0435. The van der Waals surface area contributed by atoms with Gasteiger partial charge >= 0.3 is 5.97 Å². The monoisotopic (exact) mass is 400 g/mol. The van der Waals surface area contributed by atoms with Crippen LogP contribution < -0.4 is 10.8 Å². The van der Waals surface area contributed by atoms with E-state index in [9.17, 15) is 9.90 Å². The molecule has 1 aliphatic heterocycles. The number of piperidine rings is 1. The molecule has 1 saturated heterocycles. The molecule has 1 aromatic heterocycles. The minimum Gasteiger partial charge on any atom is -0.478 e. The quantitative estimate of drug-likeness (QED) is 0.740. The molecular weight excluding hydrogens is 372 g/mol. The fourth-order valence-corrected chi connectivity index (χ4v) is 5.89. The second-order valence-electron chi connectivity index (χ2n) is 8.72. The van der Waals surface area contributed by atoms with E-state index in [4.69, 9.17) is 10.7 Å². The molecule has 1 aromatic carbocycles. The molecule has 0 saturated carbocycles. The number of nitrogens with zero attached hydrogens (tertiary/aromatic N) is 1. The predicted octanol–water partition coefficient (Wildman–Crippen LogP) is 4.49. The van der Waals surface area contributed by atoms with Gasteiger partial charge in [0.05, 0.1) is 16.5 Å². The maximum Gasteiger partial charge on any atom is 0.337 e. The molecule has 150 valence electrons. The number of fused-ring (bicyclic) bond motifs is 1. The molecule has 5 nitrogen and oxygen atoms in total. The number of thiophene rings is 1. The van der Waals surface area contributed by atoms with Crippen molar-refractivity contribution in [3.05, 3.63) is 40.3 Å². The Bertz CT molecular complexity index is 890. The fraction of sp³-hybridized carbons (Fsp3) is 0.500. The molecule has 1 atom stereocenters. The number of rotatable bonds is 4. The molecule has 2 heterocycles. The summed E-state index contributed by atoms with van der Waals surface area (Å²) in [5, 5.41) is 10.1. The number of carbonyl (C=O) groups is 1. The Morgan fingerprint density at radius 3 is 2.89 bits per heavy atom. The van der Waals surface area contributed by atoms with Crippen molar-refractivity contribution in [1.29, 1.82) is 0 Å². The van der Waals surface area contributed by atoms with Gasteiger partial charge in [-0.3, -0.25) is 4.84 Å². The lowest BCUT2D eigenvalue weighted by Crippen LogP contribution is -2.41. The van der Waals surface area contributed by atoms with Crippen LogP contribution in [0.1, 0.15) is 53.9 Å². The van der Waals surface area contributed by atoms with Gasteiger partial charge in [0.1, 0.15) is 0 Å². The molecule has 1 fully saturated rings. The molecule has 0 bridgehead atoms. The maximum atomic E-state index is 12.3. The summed E-state index contributed by atoms with van der Waals surface area (Å²) in [6.07, 6.45) is 4.87. The first-order valence-corrected chi connectivity index (χ1v) is 10.8. The van der Waals surface area contributed by atoms with Crippen molar-refractivity contribution >= 4 is 23.0 Å². The van der Waals surface area contributed by atoms with Gasteiger partial charge in [-0.15, -0.1) is 11.3 Å². The van der Waals surface area contributed by atoms with Crippen LogP contribution in [-0.4, -0.2) is 30.3 Å². The normalized spacial score (nSPS) is 21.4. The van der Waals surface area contributed by atoms with Gasteiger partial charge in [-0.05, 0) is 49.1 Å². The van der Waals surface area contributed by atoms with Gasteiger partial charge in [0, 0.05) is 29.2 Å². The fourth-order valence-electron chi connectivity index (χ4n) is 4.55. The van der Waals surface area contributed by atoms with Crippen molar-refractivity contribution in [2.24, 2.45) is 11.3 Å². The van der Waals surface area contributed by atoms with Crippen LogP contribution in [-0.2, 0) is 17.7 Å². The third-order valence-electron chi connectivity index (χ3n) is 6.05. The maximum absolute atomic E-state index is 12.3. The van der Waals surface area contributed by atoms with E-state index in [2.05, 4.69) is 30.9 Å². The van der Waals surface area contributed by atoms with E-state index >= 15 is 0 Å². The van der Waals surface area contributed by atoms with E-state index in [-0.39, 0.29) is 11.5 Å². The Balaban J connectivity index is 1.81. The molecule has 2 aromatic rings. The highest BCUT2D eigenvalue weighted by atomic mass is 32.1. The second kappa shape index (κ2) is 7.50. The third-order valence-corrected chi connectivity index (χ3v) is 7.37. The lowest BCUT2D eigenvalue weighted by atomic mass is 9.76. The second-order valence-corrected chi connectivity index (χ2v) is 9.82. The van der Waals surface area contributed by atoms with E-state index in [1.807, 2.05) is 12.1 Å². The third kappa shape index (κ3) is 3.56. The zero-order valence-electron chi connectivity index (χ0n) is 16.5. The summed E-state index contributed by atoms with van der Waals surface area (Å²) in [7, 11) is 0. The van der Waals surface area contributed by atoms with Gasteiger partial charge in [0.2, 0.25) is 0 Å². The van der Waals surface area contributed by atoms with Crippen LogP contribution in [0.5, 0.6) is 0 Å². The molecule has 6 heteroatoms. The number of hydrogen-bond acceptors (Lipinski definition) is 5. The van der Waals surface area contributed by atoms with E-state index in [1.165, 1.54) is 4.88 Å². The van der Waals surface area contributed by atoms with E-state index in [0.717, 1.165) is 66.9 Å². The van der Waals surface area contributed by atoms with Gasteiger partial charge < -0.3 is 10.0 Å². The first-order chi connectivity index (χ1) is 13.4. The van der Waals surface area contributed by atoms with Gasteiger partial charge in [0.25, 0.3) is 0 Å². The highest BCUT2D eigenvalue weighted by molar-refractivity contribution is 7.16. The standard InChI is InChI=1S/C22H28N2O3S/c1-22(2)10-9-18-16(12-22)19(21(25)26)20(28-18)15-7-3-4-8-17(15)24-11-5-6-14(13-24)27-23/h3-4,7-8,14H,5-6,9-13,23H2,1-2H3,(H,25,26)/t14-/m1/s1. The van der Waals surface area contributed by atoms with Crippen molar-refractivity contribution < 1.29 is 14.7 Å². The number of benzene rings is 1. The zero-order chi connectivity index (χ0) is 19.9. The predicted molar refractivity (Wildman–Crippen MR) is 113 cm³/mol. The number of carboxylic acids is 1. The van der Waals surface area contributed by atoms with Crippen LogP contribution >= 0.6 is 11.3 Å². The molecule has 1 aliphatic carbocycles. The van der Waals surface area contributed by atoms with Gasteiger partial charge in [-0.2, -0.15) is 0 Å². The van der Waals surface area contributed by atoms with Gasteiger partial charge in [0.15, 0.2) is 0 Å². The van der Waals surface area contributed by atoms with Gasteiger partial charge in [-0.1, -0.05) is 32.0 Å². The average Bonchev–Trinajstić information content (AvgIpc) is 3.05. The molecule has 3 N–H and O–H groups in total. The molecule has 4 rings (SSSR count). The number of para-hydroxylation sites is 1. The van der Waals surface area contributed by atoms with Crippen molar-refractivity contribution in [1.82, 2.24) is 0 Å². The van der Waals surface area contributed by atoms with E-state index in [0.29, 0.717) is 5.56 Å². The van der Waals surface area contributed by atoms with Crippen LogP contribution in [0, 0.1) is 5.41 Å². The first kappa shape index (κ1) is 19.4. The smallest absolute Gasteiger partial charge is 0.337 e. The van der Waals surface area contributed by atoms with Crippen LogP contribution in [0.3, 0.4) is 0 Å². The van der Waals surface area contributed by atoms with Crippen LogP contribution in [0.15, 0.2) is 24.3 Å². The first-order valence-electron chi connectivity index (χ1n) is 9.97. The summed E-state index contributed by atoms with van der Waals surface area (Å²) < 4.78 is 0. The van der Waals surface area contributed by atoms with Crippen LogP contribution in [0.4, 0.5) is 5.69 Å². The highest BCUT2D eigenvalue weighted by Gasteiger charge is 2.34. The SMILES string of the molecule is CC1(C)CCc2sc(-c3ccccc3N3CCC[C@@H](ON)C3)c(C(=O)O)c2C1. The molecular formula is C22H28N2O3S. The molecule has 28 heavy (non-hydrogen) atoms. The Labute approximate surface area is 170 Å². The molecule has 0 spiro atoms. The Kier molecular flexibility index (Phi) is 5.21. The topological polar surface area (TPSA) is 75.8 Å². The number of carboxylic acid groups (broad SMARTS) is 1. The molecule has 0 radical (unpaired) electrons. The number of hydrogen-bond donors (Lipinski definition) is 2. The van der Waals surface area contributed by atoms with Crippen LogP contribution in [0.25, 0.3) is 10.4 Å². The minimum absolute atomic E-state index is 0.0121. The number of aromatic carboxylic acids is 1. The molecule has 2 aliphatic rings. The summed E-state index contributed by atoms with van der Waals surface area (Å²) in [4.78, 5) is 21.8. The highest BCUT2D eigenvalue weighted by Crippen LogP contribution is 2.47. The largest absolute Gasteiger partial charge is 0.478 e. The Morgan fingerprint density at radius 1 is 1.36 bits per heavy atom. The van der Waals surface area contributed by atoms with Crippen molar-refractivity contribution in [2.75, 3.05) is 18.0 Å². The Morgan fingerprint density at radius 2 is 2.14 bits per heavy atom. The lowest BCUT2D eigenvalue weighted by Gasteiger charge is -2.34. The van der Waals surface area contributed by atoms with Crippen molar-refractivity contribution in [2.45, 2.75) is 52.1 Å². The number of anilines is 1. The summed E-state index contributed by atoms with van der Waals surface area (Å²) in [5.74, 6) is 4.63. The zero-order valence-corrected chi connectivity index (χ0v) is 17.3. The minimum atomic E-state index is -0.818.